The fraction of sp³-hybridized carbons (Fsp3) is 0.556. The topological polar surface area (TPSA) is 530 Å². The highest BCUT2D eigenvalue weighted by atomic mass is 16.7. The third-order valence-electron chi connectivity index (χ3n) is 14.0. The number of carbonyl (C=O) groups is 10. The van der Waals surface area contributed by atoms with Crippen molar-refractivity contribution >= 4 is 70.0 Å². The van der Waals surface area contributed by atoms with Crippen molar-refractivity contribution < 1.29 is 97.9 Å². The molecule has 32 heteroatoms. The van der Waals surface area contributed by atoms with Crippen LogP contribution in [-0.2, 0) is 68.6 Å². The van der Waals surface area contributed by atoms with Crippen molar-refractivity contribution in [3.8, 4) is 5.75 Å². The van der Waals surface area contributed by atoms with Crippen molar-refractivity contribution in [3.05, 3.63) is 65.9 Å². The molecule has 0 aliphatic carbocycles. The van der Waals surface area contributed by atoms with Gasteiger partial charge in [-0.1, -0.05) is 43.7 Å². The van der Waals surface area contributed by atoms with Crippen LogP contribution in [0.25, 0.3) is 10.9 Å². The van der Waals surface area contributed by atoms with Gasteiger partial charge in [-0.05, 0) is 61.6 Å². The summed E-state index contributed by atoms with van der Waals surface area (Å²) in [6.07, 6.45) is -13.6. The maximum Gasteiger partial charge on any atom is 0.248 e. The summed E-state index contributed by atoms with van der Waals surface area (Å²) in [5, 5.41) is 94.3. The van der Waals surface area contributed by atoms with Gasteiger partial charge in [-0.2, -0.15) is 0 Å². The molecule has 1 aromatic heterocycles. The SMILES string of the molecule is CCCCOC1CNC(=O)C(C(O)C(N)=O)NC(=O)C(CO)NC(=O)C(CC(N)=O)NC(=O)CNC(=O)C(CCCCN)NC(=O)C(C(O)c2ccc(O)cc2)NC(=O)C(Cc2c[nH]c3ccccc23)NC(=O)CC(OC2OCC(O)C(O)C2O)C1. The zero-order chi connectivity index (χ0) is 63.2. The predicted molar refractivity (Wildman–Crippen MR) is 298 cm³/mol. The van der Waals surface area contributed by atoms with Crippen LogP contribution in [-0.4, -0.2) is 218 Å². The molecule has 2 aliphatic heterocycles. The molecule has 2 aromatic carbocycles. The molecule has 0 saturated carbocycles. The molecule has 32 nitrogen and oxygen atoms in total. The number of hydrogen-bond donors (Lipinski definition) is 19. The molecule has 0 bridgehead atoms. The first-order valence-corrected chi connectivity index (χ1v) is 27.8. The Hall–Kier alpha value is -7.92. The molecule has 86 heavy (non-hydrogen) atoms. The van der Waals surface area contributed by atoms with Crippen LogP contribution in [0.2, 0.25) is 0 Å². The second-order valence-electron chi connectivity index (χ2n) is 20.7. The summed E-state index contributed by atoms with van der Waals surface area (Å²) in [5.74, 6) is -12.4. The van der Waals surface area contributed by atoms with E-state index in [1.807, 2.05) is 12.2 Å². The molecule has 2 fully saturated rings. The Morgan fingerprint density at radius 2 is 1.38 bits per heavy atom. The number of nitrogens with two attached hydrogens (primary N) is 3. The minimum absolute atomic E-state index is 0.000701. The summed E-state index contributed by atoms with van der Waals surface area (Å²) in [7, 11) is 0. The summed E-state index contributed by atoms with van der Waals surface area (Å²) in [5.41, 5.74) is 17.5. The monoisotopic (exact) mass is 1210 g/mol. The average Bonchev–Trinajstić information content (AvgIpc) is 3.91. The molecule has 474 valence electrons. The number of phenols is 1. The Balaban J connectivity index is 1.63. The normalized spacial score (nSPS) is 27.5. The number of aromatic amines is 1. The van der Waals surface area contributed by atoms with Crippen molar-refractivity contribution in [3.63, 3.8) is 0 Å². The first-order chi connectivity index (χ1) is 40.9. The van der Waals surface area contributed by atoms with Gasteiger partial charge in [0.05, 0.1) is 44.8 Å². The standard InChI is InChI=1S/C54H78N12O20/c1-2-3-16-84-30-18-29(86-54-46(76)44(74)37(69)25-85-54)19-39(71)61-34(17-27-21-58-32-9-5-4-8-31(27)32)50(80)65-41(43(73)26-11-13-28(68)14-12-26)53(83)63-33(10-6-7-15-55)48(78)60-23-40(72)62-35(20-38(56)70)49(79)64-36(24-67)51(81)66-42(45(75)47(57)77)52(82)59-22-30/h4-5,8-9,11-14,21,29-30,33-37,41-46,54,58,67-69,73-76H,2-3,6-7,10,15-20,22-25,55H2,1H3,(H2,56,70)(H2,57,77)(H,59,82)(H,60,78)(H,61,71)(H,62,72)(H,63,83)(H,64,79)(H,65,80)(H,66,81). The number of phenolic OH excluding ortho intramolecular Hbond substituents is 1. The minimum Gasteiger partial charge on any atom is -0.508 e. The number of aliphatic hydroxyl groups excluding tert-OH is 6. The number of para-hydroxylation sites is 1. The number of ether oxygens (including phenoxy) is 3. The molecule has 10 amide bonds. The van der Waals surface area contributed by atoms with E-state index in [4.69, 9.17) is 31.4 Å². The van der Waals surface area contributed by atoms with Crippen LogP contribution in [0.5, 0.6) is 5.75 Å². The van der Waals surface area contributed by atoms with E-state index in [2.05, 4.69) is 42.2 Å². The molecule has 3 aromatic rings. The van der Waals surface area contributed by atoms with Crippen molar-refractivity contribution in [1.29, 1.82) is 0 Å². The van der Waals surface area contributed by atoms with Gasteiger partial charge in [-0.25, -0.2) is 0 Å². The van der Waals surface area contributed by atoms with Crippen LogP contribution in [0.1, 0.15) is 75.5 Å². The number of nitrogens with one attached hydrogen (secondary N) is 9. The molecule has 3 heterocycles. The van der Waals surface area contributed by atoms with Gasteiger partial charge in [0.25, 0.3) is 0 Å². The van der Waals surface area contributed by atoms with Crippen molar-refractivity contribution in [2.24, 2.45) is 17.2 Å². The Labute approximate surface area is 492 Å². The summed E-state index contributed by atoms with van der Waals surface area (Å²) >= 11 is 0. The molecular weight excluding hydrogens is 1140 g/mol. The predicted octanol–water partition coefficient (Wildman–Crippen LogP) is -7.06. The number of aromatic nitrogens is 1. The highest BCUT2D eigenvalue weighted by Crippen LogP contribution is 2.25. The lowest BCUT2D eigenvalue weighted by Gasteiger charge is -2.37. The van der Waals surface area contributed by atoms with E-state index in [-0.39, 0.29) is 43.7 Å². The molecule has 0 spiro atoms. The summed E-state index contributed by atoms with van der Waals surface area (Å²) in [6.45, 7) is -1.33. The van der Waals surface area contributed by atoms with Crippen molar-refractivity contribution in [1.82, 2.24) is 47.5 Å². The number of aliphatic hydroxyl groups is 6. The van der Waals surface area contributed by atoms with E-state index in [0.29, 0.717) is 35.7 Å². The van der Waals surface area contributed by atoms with Crippen LogP contribution in [0.3, 0.4) is 0 Å². The van der Waals surface area contributed by atoms with E-state index in [0.717, 1.165) is 0 Å². The number of rotatable bonds is 19. The number of benzene rings is 2. The Morgan fingerprint density at radius 1 is 0.721 bits per heavy atom. The largest absolute Gasteiger partial charge is 0.508 e. The maximum atomic E-state index is 15.0. The Bertz CT molecular complexity index is 2810. The zero-order valence-corrected chi connectivity index (χ0v) is 47.1. The van der Waals surface area contributed by atoms with Gasteiger partial charge in [-0.15, -0.1) is 0 Å². The second kappa shape index (κ2) is 33.7. The van der Waals surface area contributed by atoms with E-state index in [9.17, 15) is 83.7 Å². The number of aromatic hydroxyl groups is 1. The highest BCUT2D eigenvalue weighted by molar-refractivity contribution is 5.99. The zero-order valence-electron chi connectivity index (χ0n) is 47.1. The lowest BCUT2D eigenvalue weighted by molar-refractivity contribution is -0.284. The van der Waals surface area contributed by atoms with Gasteiger partial charge >= 0.3 is 0 Å². The van der Waals surface area contributed by atoms with Crippen molar-refractivity contribution in [2.75, 3.05) is 39.5 Å². The number of carbonyl (C=O) groups excluding carboxylic acids is 10. The van der Waals surface area contributed by atoms with Gasteiger partial charge in [0, 0.05) is 43.1 Å². The number of hydrogen-bond acceptors (Lipinski definition) is 21. The Kier molecular flexibility index (Phi) is 27.0. The summed E-state index contributed by atoms with van der Waals surface area (Å²) < 4.78 is 17.7. The first-order valence-electron chi connectivity index (χ1n) is 27.8. The second-order valence-corrected chi connectivity index (χ2v) is 20.7. The van der Waals surface area contributed by atoms with E-state index in [1.54, 1.807) is 30.5 Å². The Morgan fingerprint density at radius 3 is 2.06 bits per heavy atom. The number of amides is 10. The third-order valence-corrected chi connectivity index (χ3v) is 14.0. The summed E-state index contributed by atoms with van der Waals surface area (Å²) in [4.78, 5) is 140. The van der Waals surface area contributed by atoms with E-state index < -0.39 is 190 Å². The van der Waals surface area contributed by atoms with Crippen LogP contribution in [0.4, 0.5) is 0 Å². The summed E-state index contributed by atoms with van der Waals surface area (Å²) in [6, 6.07) is 0.414. The molecule has 2 aliphatic rings. The fourth-order valence-corrected chi connectivity index (χ4v) is 9.24. The highest BCUT2D eigenvalue weighted by Gasteiger charge is 2.42. The van der Waals surface area contributed by atoms with Crippen LogP contribution in [0, 0.1) is 0 Å². The molecule has 2 saturated heterocycles. The van der Waals surface area contributed by atoms with Gasteiger partial charge in [0.2, 0.25) is 59.1 Å². The molecule has 5 rings (SSSR count). The maximum absolute atomic E-state index is 15.0. The molecule has 14 unspecified atom stereocenters. The smallest absolute Gasteiger partial charge is 0.248 e. The molecule has 0 radical (unpaired) electrons. The first kappa shape index (κ1) is 68.9. The van der Waals surface area contributed by atoms with E-state index >= 15 is 0 Å². The third kappa shape index (κ3) is 20.4. The molecule has 14 atom stereocenters. The number of fused-ring (bicyclic) bond motifs is 1. The van der Waals surface area contributed by atoms with Gasteiger partial charge < -0.3 is 115 Å². The van der Waals surface area contributed by atoms with Crippen LogP contribution < -0.4 is 59.7 Å². The average molecular weight is 1220 g/mol. The lowest BCUT2D eigenvalue weighted by Crippen LogP contribution is -2.62. The number of H-pyrrole nitrogens is 1. The van der Waals surface area contributed by atoms with Gasteiger partial charge in [0.15, 0.2) is 12.4 Å². The van der Waals surface area contributed by atoms with Gasteiger partial charge in [0.1, 0.15) is 66.4 Å². The quantitative estimate of drug-likeness (QED) is 0.0496. The van der Waals surface area contributed by atoms with Crippen LogP contribution in [0.15, 0.2) is 54.7 Å². The van der Waals surface area contributed by atoms with Crippen molar-refractivity contribution in [2.45, 2.75) is 150 Å². The number of unbranched alkanes of at least 4 members (excludes halogenated alkanes) is 2. The van der Waals surface area contributed by atoms with E-state index in [1.165, 1.54) is 24.3 Å². The van der Waals surface area contributed by atoms with Gasteiger partial charge in [-0.3, -0.25) is 47.9 Å². The lowest BCUT2D eigenvalue weighted by atomic mass is 9.98. The van der Waals surface area contributed by atoms with Crippen LogP contribution >= 0.6 is 0 Å². The molecular formula is C54H78N12O20. The molecule has 22 N–H and O–H groups in total. The number of primary amides is 2. The minimum atomic E-state index is -2.48. The fourth-order valence-electron chi connectivity index (χ4n) is 9.24.